The van der Waals surface area contributed by atoms with Crippen LogP contribution in [0.5, 0.6) is 0 Å². The van der Waals surface area contributed by atoms with E-state index in [1.165, 1.54) is 21.2 Å². The van der Waals surface area contributed by atoms with Crippen LogP contribution in [0.3, 0.4) is 0 Å². The van der Waals surface area contributed by atoms with Crippen molar-refractivity contribution in [1.82, 2.24) is 9.47 Å². The Hall–Kier alpha value is -2.15. The molecule has 2 aliphatic heterocycles. The predicted molar refractivity (Wildman–Crippen MR) is 114 cm³/mol. The average molecular weight is 419 g/mol. The van der Waals surface area contributed by atoms with E-state index in [1.54, 1.807) is 27.1 Å². The number of carbonyl (C=O) groups is 1. The van der Waals surface area contributed by atoms with Crippen LogP contribution >= 0.6 is 24.0 Å². The van der Waals surface area contributed by atoms with Crippen LogP contribution in [0, 0.1) is 18.3 Å². The molecule has 2 saturated heterocycles. The summed E-state index contributed by atoms with van der Waals surface area (Å²) in [6, 6.07) is 2.01. The van der Waals surface area contributed by atoms with Crippen molar-refractivity contribution in [2.75, 3.05) is 25.0 Å². The summed E-state index contributed by atoms with van der Waals surface area (Å²) in [4.78, 5) is 29.3. The van der Waals surface area contributed by atoms with Crippen molar-refractivity contribution in [3.05, 3.63) is 31.9 Å². The number of amides is 1. The molecule has 0 aliphatic carbocycles. The molecule has 0 N–H and O–H groups in total. The quantitative estimate of drug-likeness (QED) is 0.537. The van der Waals surface area contributed by atoms with Gasteiger partial charge in [-0.15, -0.1) is 0 Å². The zero-order valence-electron chi connectivity index (χ0n) is 16.5. The second kappa shape index (κ2) is 7.70. The number of hydrogen-bond donors (Lipinski definition) is 0. The molecule has 1 amide bonds. The number of pyridine rings is 1. The van der Waals surface area contributed by atoms with Gasteiger partial charge in [0.2, 0.25) is 0 Å². The van der Waals surface area contributed by atoms with Gasteiger partial charge >= 0.3 is 0 Å². The molecule has 2 unspecified atom stereocenters. The molecule has 2 aliphatic rings. The molecule has 0 saturated carbocycles. The van der Waals surface area contributed by atoms with Crippen LogP contribution in [0.15, 0.2) is 9.70 Å². The van der Waals surface area contributed by atoms with Crippen LogP contribution in [0.2, 0.25) is 0 Å². The molecule has 2 fully saturated rings. The summed E-state index contributed by atoms with van der Waals surface area (Å²) in [5, 5.41) is 9.51. The smallest absolute Gasteiger partial charge is 0.270 e. The average Bonchev–Trinajstić information content (AvgIpc) is 2.86. The zero-order chi connectivity index (χ0) is 20.7. The summed E-state index contributed by atoms with van der Waals surface area (Å²) in [5.41, 5.74) is 0.989. The van der Waals surface area contributed by atoms with E-state index in [9.17, 15) is 14.9 Å². The highest BCUT2D eigenvalue weighted by Gasteiger charge is 2.32. The maximum Gasteiger partial charge on any atom is 0.270 e. The molecule has 3 rings (SSSR count). The summed E-state index contributed by atoms with van der Waals surface area (Å²) < 4.78 is 7.80. The number of aromatic nitrogens is 1. The van der Waals surface area contributed by atoms with Crippen molar-refractivity contribution in [2.24, 2.45) is 7.05 Å². The van der Waals surface area contributed by atoms with Crippen LogP contribution < -0.4 is 10.5 Å². The van der Waals surface area contributed by atoms with E-state index in [2.05, 4.69) is 4.90 Å². The molecule has 7 nitrogen and oxygen atoms in total. The lowest BCUT2D eigenvalue weighted by molar-refractivity contribution is -0.121. The third-order valence-corrected chi connectivity index (χ3v) is 6.43. The number of morpholine rings is 1. The van der Waals surface area contributed by atoms with E-state index in [-0.39, 0.29) is 29.2 Å². The van der Waals surface area contributed by atoms with Crippen LogP contribution in [-0.2, 0) is 16.6 Å². The Balaban J connectivity index is 2.24. The summed E-state index contributed by atoms with van der Waals surface area (Å²) in [6.45, 7) is 6.94. The van der Waals surface area contributed by atoms with Gasteiger partial charge in [-0.3, -0.25) is 19.1 Å². The maximum absolute atomic E-state index is 12.8. The fourth-order valence-corrected chi connectivity index (χ4v) is 4.78. The number of thioether (sulfide) groups is 1. The van der Waals surface area contributed by atoms with Gasteiger partial charge in [-0.25, -0.2) is 0 Å². The first-order valence-electron chi connectivity index (χ1n) is 8.91. The van der Waals surface area contributed by atoms with Gasteiger partial charge in [0, 0.05) is 32.7 Å². The monoisotopic (exact) mass is 418 g/mol. The highest BCUT2D eigenvalue weighted by atomic mass is 32.2. The predicted octanol–water partition coefficient (Wildman–Crippen LogP) is 2.01. The number of ether oxygens (including phenoxy) is 1. The summed E-state index contributed by atoms with van der Waals surface area (Å²) in [6.07, 6.45) is 1.74. The number of thiocarbonyl (C=S) groups is 1. The van der Waals surface area contributed by atoms with Gasteiger partial charge in [0.15, 0.2) is 0 Å². The number of rotatable bonds is 2. The minimum absolute atomic E-state index is 0.00324. The largest absolute Gasteiger partial charge is 0.372 e. The molecule has 0 spiro atoms. The van der Waals surface area contributed by atoms with Gasteiger partial charge in [0.1, 0.15) is 21.8 Å². The molecule has 0 aromatic carbocycles. The van der Waals surface area contributed by atoms with Gasteiger partial charge in [0.25, 0.3) is 11.5 Å². The fourth-order valence-electron chi connectivity index (χ4n) is 3.62. The molecular weight excluding hydrogens is 396 g/mol. The fraction of sp³-hybridized carbons (Fsp3) is 0.474. The van der Waals surface area contributed by atoms with Crippen LogP contribution in [-0.4, -0.2) is 52.0 Å². The van der Waals surface area contributed by atoms with Crippen molar-refractivity contribution in [3.8, 4) is 6.07 Å². The molecule has 28 heavy (non-hydrogen) atoms. The van der Waals surface area contributed by atoms with Gasteiger partial charge in [-0.2, -0.15) is 5.26 Å². The SMILES string of the molecule is Cc1c(/C=C2/SC(=S)N(C)C2=O)c(N2CC(C)OC(C)C2)n(C)c(=O)c1C#N. The van der Waals surface area contributed by atoms with Crippen molar-refractivity contribution in [2.45, 2.75) is 33.0 Å². The van der Waals surface area contributed by atoms with Gasteiger partial charge < -0.3 is 9.64 Å². The van der Waals surface area contributed by atoms with E-state index in [4.69, 9.17) is 17.0 Å². The Morgan fingerprint density at radius 3 is 2.36 bits per heavy atom. The molecule has 1 aromatic heterocycles. The van der Waals surface area contributed by atoms with Gasteiger partial charge in [-0.05, 0) is 32.4 Å². The second-order valence-electron chi connectivity index (χ2n) is 7.12. The lowest BCUT2D eigenvalue weighted by atomic mass is 10.0. The molecule has 148 valence electrons. The van der Waals surface area contributed by atoms with Crippen molar-refractivity contribution in [1.29, 1.82) is 5.26 Å². The second-order valence-corrected chi connectivity index (χ2v) is 8.79. The van der Waals surface area contributed by atoms with E-state index in [0.29, 0.717) is 39.3 Å². The Labute approximate surface area is 173 Å². The molecular formula is C19H22N4O3S2. The van der Waals surface area contributed by atoms with E-state index < -0.39 is 0 Å². The lowest BCUT2D eigenvalue weighted by Crippen LogP contribution is -2.47. The summed E-state index contributed by atoms with van der Waals surface area (Å²) in [5.74, 6) is 0.501. The molecule has 1 aromatic rings. The van der Waals surface area contributed by atoms with Crippen molar-refractivity contribution in [3.63, 3.8) is 0 Å². The summed E-state index contributed by atoms with van der Waals surface area (Å²) >= 11 is 6.44. The first-order valence-corrected chi connectivity index (χ1v) is 10.1. The van der Waals surface area contributed by atoms with Crippen LogP contribution in [0.25, 0.3) is 6.08 Å². The first kappa shape index (κ1) is 20.6. The topological polar surface area (TPSA) is 78.6 Å². The molecule has 9 heteroatoms. The Bertz CT molecular complexity index is 982. The standard InChI is InChI=1S/C19H22N4O3S2/c1-10-8-23(9-11(2)26-10)16-13(6-15-18(25)22(5)19(27)28-15)12(3)14(7-20)17(24)21(16)4/h6,10-11H,8-9H2,1-5H3/b15-6+. The third kappa shape index (κ3) is 3.48. The van der Waals surface area contributed by atoms with E-state index in [1.807, 2.05) is 19.9 Å². The van der Waals surface area contributed by atoms with E-state index >= 15 is 0 Å². The highest BCUT2D eigenvalue weighted by Crippen LogP contribution is 2.35. The first-order chi connectivity index (χ1) is 13.1. The highest BCUT2D eigenvalue weighted by molar-refractivity contribution is 8.26. The number of nitriles is 1. The molecule has 0 radical (unpaired) electrons. The minimum atomic E-state index is -0.345. The van der Waals surface area contributed by atoms with Crippen molar-refractivity contribution >= 4 is 46.1 Å². The Kier molecular flexibility index (Phi) is 5.66. The van der Waals surface area contributed by atoms with Crippen molar-refractivity contribution < 1.29 is 9.53 Å². The van der Waals surface area contributed by atoms with Crippen LogP contribution in [0.1, 0.15) is 30.5 Å². The zero-order valence-corrected chi connectivity index (χ0v) is 18.1. The summed E-state index contributed by atoms with van der Waals surface area (Å²) in [7, 11) is 3.30. The maximum atomic E-state index is 12.8. The Morgan fingerprint density at radius 2 is 1.86 bits per heavy atom. The number of nitrogens with zero attached hydrogens (tertiary/aromatic N) is 4. The number of hydrogen-bond acceptors (Lipinski definition) is 7. The number of likely N-dealkylation sites (N-methyl/N-ethyl adjacent to an activating group) is 1. The minimum Gasteiger partial charge on any atom is -0.372 e. The normalized spacial score (nSPS) is 24.2. The molecule has 0 bridgehead atoms. The van der Waals surface area contributed by atoms with Gasteiger partial charge in [0.05, 0.1) is 17.1 Å². The lowest BCUT2D eigenvalue weighted by Gasteiger charge is -2.38. The van der Waals surface area contributed by atoms with E-state index in [0.717, 1.165) is 0 Å². The molecule has 3 heterocycles. The third-order valence-electron chi connectivity index (χ3n) is 4.95. The van der Waals surface area contributed by atoms with Gasteiger partial charge in [-0.1, -0.05) is 24.0 Å². The molecule has 2 atom stereocenters. The number of anilines is 1. The van der Waals surface area contributed by atoms with Crippen LogP contribution in [0.4, 0.5) is 5.82 Å². The number of carbonyl (C=O) groups excluding carboxylic acids is 1. The Morgan fingerprint density at radius 1 is 1.25 bits per heavy atom.